The molecular formula is C57H99NO8P+. The minimum atomic E-state index is -4.39. The highest BCUT2D eigenvalue weighted by Crippen LogP contribution is 2.43. The molecule has 0 aromatic heterocycles. The summed E-state index contributed by atoms with van der Waals surface area (Å²) in [5.74, 6) is -0.830. The van der Waals surface area contributed by atoms with E-state index in [0.29, 0.717) is 17.4 Å². The minimum Gasteiger partial charge on any atom is -0.462 e. The SMILES string of the molecule is CC/C=C\C/C=C\C/C=C\C/C=C\C/C=C\C/C=C\C/C=C\C/C=C\CCCCCCC(=O)OC(COC(=O)CCCCCCCCCCCCCCCC)COP(=O)(O)OCC[N+](C)(C)C. The number of carbonyl (C=O) groups is 2. The molecule has 67 heavy (non-hydrogen) atoms. The third-order valence-corrected chi connectivity index (χ3v) is 11.9. The van der Waals surface area contributed by atoms with Gasteiger partial charge in [-0.3, -0.25) is 18.6 Å². The number of carbonyl (C=O) groups excluding carboxylic acids is 2. The number of phosphoric acid groups is 1. The second kappa shape index (κ2) is 48.0. The van der Waals surface area contributed by atoms with Crippen molar-refractivity contribution in [2.45, 2.75) is 206 Å². The number of rotatable bonds is 47. The van der Waals surface area contributed by atoms with Crippen LogP contribution in [0.5, 0.6) is 0 Å². The molecule has 2 unspecified atom stereocenters. The third kappa shape index (κ3) is 52.2. The van der Waals surface area contributed by atoms with Crippen molar-refractivity contribution in [2.75, 3.05) is 47.5 Å². The van der Waals surface area contributed by atoms with E-state index in [9.17, 15) is 19.0 Å². The summed E-state index contributed by atoms with van der Waals surface area (Å²) in [6.07, 6.45) is 64.6. The minimum absolute atomic E-state index is 0.0223. The van der Waals surface area contributed by atoms with Gasteiger partial charge in [0.2, 0.25) is 0 Å². The molecule has 0 spiro atoms. The molecule has 0 amide bonds. The number of allylic oxidation sites excluding steroid dienone is 16. The molecule has 0 fully saturated rings. The fourth-order valence-electron chi connectivity index (χ4n) is 6.79. The Bertz CT molecular complexity index is 1450. The first kappa shape index (κ1) is 63.9. The lowest BCUT2D eigenvalue weighted by Gasteiger charge is -2.24. The highest BCUT2D eigenvalue weighted by molar-refractivity contribution is 7.47. The van der Waals surface area contributed by atoms with E-state index < -0.39 is 26.5 Å². The summed E-state index contributed by atoms with van der Waals surface area (Å²) in [6, 6.07) is 0. The lowest BCUT2D eigenvalue weighted by Crippen LogP contribution is -2.37. The van der Waals surface area contributed by atoms with E-state index in [1.54, 1.807) is 0 Å². The third-order valence-electron chi connectivity index (χ3n) is 10.9. The zero-order valence-electron chi connectivity index (χ0n) is 43.3. The number of likely N-dealkylation sites (N-methyl/N-ethyl adjacent to an activating group) is 1. The van der Waals surface area contributed by atoms with E-state index >= 15 is 0 Å². The topological polar surface area (TPSA) is 108 Å². The van der Waals surface area contributed by atoms with E-state index in [0.717, 1.165) is 96.3 Å². The molecule has 384 valence electrons. The van der Waals surface area contributed by atoms with E-state index in [2.05, 4.69) is 111 Å². The summed E-state index contributed by atoms with van der Waals surface area (Å²) < 4.78 is 34.4. The Morgan fingerprint density at radius 1 is 0.478 bits per heavy atom. The van der Waals surface area contributed by atoms with Crippen LogP contribution in [0.4, 0.5) is 0 Å². The summed E-state index contributed by atoms with van der Waals surface area (Å²) in [5, 5.41) is 0. The monoisotopic (exact) mass is 957 g/mol. The average Bonchev–Trinajstić information content (AvgIpc) is 3.29. The maximum Gasteiger partial charge on any atom is 0.472 e. The Balaban J connectivity index is 4.29. The van der Waals surface area contributed by atoms with Gasteiger partial charge in [0, 0.05) is 12.8 Å². The van der Waals surface area contributed by atoms with Gasteiger partial charge in [-0.2, -0.15) is 0 Å². The van der Waals surface area contributed by atoms with Gasteiger partial charge in [-0.05, 0) is 77.0 Å². The van der Waals surface area contributed by atoms with Crippen LogP contribution < -0.4 is 0 Å². The molecule has 0 heterocycles. The standard InChI is InChI=1S/C57H98NO8P/c1-6-8-10-12-14-16-18-20-22-23-24-25-26-27-28-29-30-31-32-33-34-35-36-38-40-42-44-46-48-50-57(60)66-55(54-65-67(61,62)64-52-51-58(3,4)5)53-63-56(59)49-47-45-43-41-39-37-21-19-17-15-13-11-9-7-2/h8,10,14,16,20,22,24-25,27-28,30-31,33-34,36,38,55H,6-7,9,11-13,15,17-19,21,23,26,29,32,35,37,39-54H2,1-5H3/p+1/b10-8-,16-14-,22-20-,25-24-,28-27-,31-30-,34-33-,38-36-. The van der Waals surface area contributed by atoms with Gasteiger partial charge in [0.25, 0.3) is 0 Å². The molecule has 0 aromatic rings. The van der Waals surface area contributed by atoms with Crippen molar-refractivity contribution in [2.24, 2.45) is 0 Å². The number of unbranched alkanes of at least 4 members (excludes halogenated alkanes) is 17. The molecule has 0 saturated carbocycles. The lowest BCUT2D eigenvalue weighted by atomic mass is 10.0. The second-order valence-electron chi connectivity index (χ2n) is 18.5. The van der Waals surface area contributed by atoms with Crippen molar-refractivity contribution in [3.8, 4) is 0 Å². The number of phosphoric ester groups is 1. The van der Waals surface area contributed by atoms with E-state index in [1.807, 2.05) is 21.1 Å². The van der Waals surface area contributed by atoms with Crippen molar-refractivity contribution in [3.05, 3.63) is 97.2 Å². The van der Waals surface area contributed by atoms with Gasteiger partial charge >= 0.3 is 19.8 Å². The molecule has 1 N–H and O–H groups in total. The Labute approximate surface area is 411 Å². The molecule has 0 saturated heterocycles. The summed E-state index contributed by atoms with van der Waals surface area (Å²) in [5.41, 5.74) is 0. The Morgan fingerprint density at radius 3 is 1.27 bits per heavy atom. The summed E-state index contributed by atoms with van der Waals surface area (Å²) in [7, 11) is 1.45. The van der Waals surface area contributed by atoms with Crippen LogP contribution in [0.15, 0.2) is 97.2 Å². The van der Waals surface area contributed by atoms with Crippen molar-refractivity contribution in [1.82, 2.24) is 0 Å². The smallest absolute Gasteiger partial charge is 0.462 e. The van der Waals surface area contributed by atoms with Gasteiger partial charge < -0.3 is 18.9 Å². The normalized spacial score (nSPS) is 14.2. The average molecular weight is 957 g/mol. The second-order valence-corrected chi connectivity index (χ2v) is 20.0. The van der Waals surface area contributed by atoms with Crippen LogP contribution in [0.2, 0.25) is 0 Å². The lowest BCUT2D eigenvalue weighted by molar-refractivity contribution is -0.870. The molecule has 0 aliphatic rings. The highest BCUT2D eigenvalue weighted by Gasteiger charge is 2.27. The van der Waals surface area contributed by atoms with Crippen LogP contribution >= 0.6 is 7.82 Å². The largest absolute Gasteiger partial charge is 0.472 e. The van der Waals surface area contributed by atoms with Crippen molar-refractivity contribution >= 4 is 19.8 Å². The zero-order valence-corrected chi connectivity index (χ0v) is 44.2. The maximum absolute atomic E-state index is 12.8. The number of ether oxygens (including phenoxy) is 2. The quantitative estimate of drug-likeness (QED) is 0.0211. The van der Waals surface area contributed by atoms with E-state index in [4.69, 9.17) is 18.5 Å². The molecule has 0 aromatic carbocycles. The van der Waals surface area contributed by atoms with Gasteiger partial charge in [-0.25, -0.2) is 4.57 Å². The van der Waals surface area contributed by atoms with Crippen molar-refractivity contribution in [3.63, 3.8) is 0 Å². The number of hydrogen-bond donors (Lipinski definition) is 1. The molecule has 9 nitrogen and oxygen atoms in total. The number of esters is 2. The first-order valence-electron chi connectivity index (χ1n) is 26.5. The van der Waals surface area contributed by atoms with Gasteiger partial charge in [0.1, 0.15) is 19.8 Å². The molecule has 0 bridgehead atoms. The van der Waals surface area contributed by atoms with Crippen LogP contribution in [0, 0.1) is 0 Å². The molecule has 0 aliphatic carbocycles. The predicted octanol–water partition coefficient (Wildman–Crippen LogP) is 16.1. The number of hydrogen-bond acceptors (Lipinski definition) is 7. The number of nitrogens with zero attached hydrogens (tertiary/aromatic N) is 1. The molecular weight excluding hydrogens is 858 g/mol. The fraction of sp³-hybridized carbons (Fsp3) is 0.684. The Kier molecular flexibility index (Phi) is 45.8. The maximum atomic E-state index is 12.8. The molecule has 0 aliphatic heterocycles. The molecule has 10 heteroatoms. The Morgan fingerprint density at radius 2 is 0.851 bits per heavy atom. The summed E-state index contributed by atoms with van der Waals surface area (Å²) in [6.45, 7) is 4.28. The number of quaternary nitrogens is 1. The fourth-order valence-corrected chi connectivity index (χ4v) is 7.54. The van der Waals surface area contributed by atoms with Crippen LogP contribution in [-0.4, -0.2) is 74.9 Å². The van der Waals surface area contributed by atoms with E-state index in [-0.39, 0.29) is 32.0 Å². The van der Waals surface area contributed by atoms with Crippen LogP contribution in [0.1, 0.15) is 200 Å². The Hall–Kier alpha value is -3.07. The van der Waals surface area contributed by atoms with Crippen LogP contribution in [-0.2, 0) is 32.7 Å². The molecule has 0 rings (SSSR count). The summed E-state index contributed by atoms with van der Waals surface area (Å²) >= 11 is 0. The zero-order chi connectivity index (χ0) is 49.2. The van der Waals surface area contributed by atoms with Gasteiger partial charge in [-0.1, -0.05) is 207 Å². The summed E-state index contributed by atoms with van der Waals surface area (Å²) in [4.78, 5) is 35.5. The van der Waals surface area contributed by atoms with Gasteiger partial charge in [-0.15, -0.1) is 0 Å². The highest BCUT2D eigenvalue weighted by atomic mass is 31.2. The first-order valence-corrected chi connectivity index (χ1v) is 28.0. The van der Waals surface area contributed by atoms with Crippen LogP contribution in [0.3, 0.4) is 0 Å². The van der Waals surface area contributed by atoms with Gasteiger partial charge in [0.05, 0.1) is 27.7 Å². The van der Waals surface area contributed by atoms with Gasteiger partial charge in [0.15, 0.2) is 6.10 Å². The van der Waals surface area contributed by atoms with Crippen LogP contribution in [0.25, 0.3) is 0 Å². The molecule has 0 radical (unpaired) electrons. The van der Waals surface area contributed by atoms with Crippen molar-refractivity contribution < 1.29 is 42.1 Å². The van der Waals surface area contributed by atoms with E-state index in [1.165, 1.54) is 70.6 Å². The first-order chi connectivity index (χ1) is 32.5. The predicted molar refractivity (Wildman–Crippen MR) is 284 cm³/mol. The van der Waals surface area contributed by atoms with Crippen molar-refractivity contribution in [1.29, 1.82) is 0 Å². The molecule has 2 atom stereocenters.